The summed E-state index contributed by atoms with van der Waals surface area (Å²) in [6.07, 6.45) is 5.90. The number of carboxylic acids is 1. The van der Waals surface area contributed by atoms with E-state index in [0.717, 1.165) is 96.3 Å². The molecule has 0 bridgehead atoms. The first-order valence-electron chi connectivity index (χ1n) is 24.4. The minimum atomic E-state index is -1.12. The molecule has 4 aliphatic rings. The van der Waals surface area contributed by atoms with E-state index in [4.69, 9.17) is 9.84 Å². The molecule has 11 rings (SSSR count). The Morgan fingerprint density at radius 2 is 1.67 bits per heavy atom. The first-order valence-corrected chi connectivity index (χ1v) is 25.2. The first kappa shape index (κ1) is 45.3. The van der Waals surface area contributed by atoms with Gasteiger partial charge in [-0.25, -0.2) is 14.8 Å². The lowest BCUT2D eigenvalue weighted by molar-refractivity contribution is -0.134. The molecule has 3 saturated heterocycles. The third-order valence-corrected chi connectivity index (χ3v) is 15.7. The summed E-state index contributed by atoms with van der Waals surface area (Å²) in [5.41, 5.74) is 7.98. The summed E-state index contributed by atoms with van der Waals surface area (Å²) in [7, 11) is 1.92. The van der Waals surface area contributed by atoms with Gasteiger partial charge in [-0.3, -0.25) is 29.7 Å². The van der Waals surface area contributed by atoms with Crippen molar-refractivity contribution in [1.82, 2.24) is 30.0 Å². The van der Waals surface area contributed by atoms with E-state index >= 15 is 0 Å². The third kappa shape index (κ3) is 9.32. The number of anilines is 3. The highest BCUT2D eigenvalue weighted by molar-refractivity contribution is 7.22. The number of amides is 3. The van der Waals surface area contributed by atoms with Crippen LogP contribution in [0.25, 0.3) is 21.1 Å². The number of aryl methyl sites for hydroxylation is 1. The molecule has 0 spiro atoms. The maximum absolute atomic E-state index is 13.6. The molecule has 7 aromatic rings. The predicted molar refractivity (Wildman–Crippen MR) is 270 cm³/mol. The van der Waals surface area contributed by atoms with Crippen molar-refractivity contribution in [3.8, 4) is 5.75 Å². The number of nitrogens with zero attached hydrogens (tertiary/aromatic N) is 7. The van der Waals surface area contributed by atoms with Crippen molar-refractivity contribution >= 4 is 72.8 Å². The molecule has 16 heteroatoms. The topological polar surface area (TPSA) is 175 Å². The maximum atomic E-state index is 13.6. The number of ether oxygens (including phenoxy) is 1. The van der Waals surface area contributed by atoms with Crippen LogP contribution in [-0.2, 0) is 36.2 Å². The Morgan fingerprint density at radius 3 is 2.49 bits per heavy atom. The van der Waals surface area contributed by atoms with Crippen LogP contribution in [0.5, 0.6) is 5.75 Å². The van der Waals surface area contributed by atoms with E-state index in [-0.39, 0.29) is 30.0 Å². The van der Waals surface area contributed by atoms with Crippen molar-refractivity contribution in [3.63, 3.8) is 0 Å². The number of imide groups is 1. The number of carboxylic acid groups (broad SMARTS) is 1. The van der Waals surface area contributed by atoms with Crippen molar-refractivity contribution in [2.24, 2.45) is 13.0 Å². The number of nitrogens with one attached hydrogen (secondary N) is 2. The molecule has 1 unspecified atom stereocenters. The highest BCUT2D eigenvalue weighted by Crippen LogP contribution is 2.36. The van der Waals surface area contributed by atoms with Crippen molar-refractivity contribution in [2.45, 2.75) is 69.9 Å². The molecule has 1 atom stereocenters. The van der Waals surface area contributed by atoms with Gasteiger partial charge in [-0.05, 0) is 141 Å². The second kappa shape index (κ2) is 19.3. The molecular weight excluding hydrogens is 903 g/mol. The number of carbonyl (C=O) groups excluding carboxylic acids is 3. The van der Waals surface area contributed by atoms with Crippen LogP contribution >= 0.6 is 11.3 Å². The third-order valence-electron chi connectivity index (χ3n) is 14.8. The van der Waals surface area contributed by atoms with E-state index in [0.29, 0.717) is 72.0 Å². The number of carbonyl (C=O) groups is 4. The second-order valence-electron chi connectivity index (χ2n) is 19.1. The zero-order chi connectivity index (χ0) is 47.9. The van der Waals surface area contributed by atoms with E-state index in [1.807, 2.05) is 77.3 Å². The normalized spacial score (nSPS) is 18.3. The predicted octanol–water partition coefficient (Wildman–Crippen LogP) is 8.29. The van der Waals surface area contributed by atoms with Gasteiger partial charge in [-0.15, -0.1) is 0 Å². The molecule has 4 aromatic carbocycles. The summed E-state index contributed by atoms with van der Waals surface area (Å²) in [4.78, 5) is 66.9. The Kier molecular flexibility index (Phi) is 12.5. The Balaban J connectivity index is 0.667. The Labute approximate surface area is 409 Å². The lowest BCUT2D eigenvalue weighted by atomic mass is 9.88. The summed E-state index contributed by atoms with van der Waals surface area (Å²) in [6, 6.07) is 31.8. The lowest BCUT2D eigenvalue weighted by Gasteiger charge is -2.38. The molecule has 3 amide bonds. The van der Waals surface area contributed by atoms with Gasteiger partial charge >= 0.3 is 5.97 Å². The van der Waals surface area contributed by atoms with Gasteiger partial charge in [-0.2, -0.15) is 5.10 Å². The fraction of sp³-hybridized carbons (Fsp3) is 0.352. The van der Waals surface area contributed by atoms with Gasteiger partial charge in [0.2, 0.25) is 11.8 Å². The minimum Gasteiger partial charge on any atom is -0.489 e. The second-order valence-corrected chi connectivity index (χ2v) is 20.1. The minimum absolute atomic E-state index is 0.0485. The van der Waals surface area contributed by atoms with Crippen LogP contribution in [0.1, 0.15) is 99.2 Å². The Morgan fingerprint density at radius 1 is 0.843 bits per heavy atom. The zero-order valence-electron chi connectivity index (χ0n) is 39.1. The zero-order valence-corrected chi connectivity index (χ0v) is 39.9. The Hall–Kier alpha value is -7.17. The first-order chi connectivity index (χ1) is 34.1. The fourth-order valence-electron chi connectivity index (χ4n) is 10.9. The van der Waals surface area contributed by atoms with Gasteiger partial charge < -0.3 is 24.5 Å². The highest BCUT2D eigenvalue weighted by Gasteiger charge is 2.33. The number of benzene rings is 4. The van der Waals surface area contributed by atoms with Crippen molar-refractivity contribution in [3.05, 3.63) is 136 Å². The molecule has 4 aliphatic heterocycles. The lowest BCUT2D eigenvalue weighted by Crippen LogP contribution is -2.41. The van der Waals surface area contributed by atoms with Gasteiger partial charge in [0.1, 0.15) is 18.2 Å². The molecule has 70 heavy (non-hydrogen) atoms. The van der Waals surface area contributed by atoms with Crippen molar-refractivity contribution in [1.29, 1.82) is 0 Å². The van der Waals surface area contributed by atoms with E-state index in [2.05, 4.69) is 60.7 Å². The van der Waals surface area contributed by atoms with E-state index < -0.39 is 11.9 Å². The smallest absolute Gasteiger partial charge is 0.354 e. The average molecular weight is 958 g/mol. The number of rotatable bonds is 12. The maximum Gasteiger partial charge on any atom is 0.354 e. The fourth-order valence-corrected chi connectivity index (χ4v) is 11.8. The van der Waals surface area contributed by atoms with E-state index in [1.54, 1.807) is 6.07 Å². The number of pyridine rings is 1. The van der Waals surface area contributed by atoms with E-state index in [1.165, 1.54) is 22.6 Å². The van der Waals surface area contributed by atoms with Crippen LogP contribution in [-0.4, -0.2) is 92.7 Å². The molecule has 3 N–H and O–H groups in total. The molecule has 15 nitrogen and oxygen atoms in total. The SMILES string of the molecule is Cn1nc(C2CCC(=O)NC2=O)c2ccc(N3CCC(CN4CCC(c5cccc(OCc6ccc(N7CCc8cccc(C(=O)Nc9nc%10ccccc%10s9)c8C7)nc6C(=O)O)c5)CC4)CC3)cc21. The molecule has 3 fully saturated rings. The molecule has 3 aromatic heterocycles. The van der Waals surface area contributed by atoms with Gasteiger partial charge in [0.05, 0.1) is 27.3 Å². The Bertz CT molecular complexity index is 3120. The quantitative estimate of drug-likeness (QED) is 0.100. The van der Waals surface area contributed by atoms with Gasteiger partial charge in [-0.1, -0.05) is 47.7 Å². The number of para-hydroxylation sites is 1. The van der Waals surface area contributed by atoms with Crippen molar-refractivity contribution < 1.29 is 29.0 Å². The van der Waals surface area contributed by atoms with E-state index in [9.17, 15) is 24.3 Å². The summed E-state index contributed by atoms with van der Waals surface area (Å²) in [6.45, 7) is 6.30. The van der Waals surface area contributed by atoms with Crippen LogP contribution in [0, 0.1) is 5.92 Å². The summed E-state index contributed by atoms with van der Waals surface area (Å²) >= 11 is 1.43. The van der Waals surface area contributed by atoms with Crippen molar-refractivity contribution in [2.75, 3.05) is 54.4 Å². The summed E-state index contributed by atoms with van der Waals surface area (Å²) < 4.78 is 9.13. The highest BCUT2D eigenvalue weighted by atomic mass is 32.1. The van der Waals surface area contributed by atoms with Crippen LogP contribution < -0.4 is 25.2 Å². The van der Waals surface area contributed by atoms with Gasteiger partial charge in [0.25, 0.3) is 5.91 Å². The standard InChI is InChI=1S/C54H55N9O6S/c1-60-45-29-38(13-14-41(45)50(59-60)42-15-17-48(64)57-52(42)66)62-25-18-33(19-26-62)30-61-23-20-34(21-24-61)36-7-4-8-39(28-36)69-32-37-12-16-47(56-49(37)53(67)68)63-27-22-35-6-5-9-40(43(35)31-63)51(65)58-54-55-44-10-2-3-11-46(44)70-54/h2-14,16,28-29,33-34,42H,15,17-27,30-32H2,1H3,(H,67,68)(H,55,58,65)(H,57,64,66). The average Bonchev–Trinajstić information content (AvgIpc) is 3.95. The largest absolute Gasteiger partial charge is 0.489 e. The number of hydrogen-bond donors (Lipinski definition) is 3. The number of piperidine rings is 3. The summed E-state index contributed by atoms with van der Waals surface area (Å²) in [5, 5.41) is 22.0. The van der Waals surface area contributed by atoms with Crippen LogP contribution in [0.2, 0.25) is 0 Å². The number of fused-ring (bicyclic) bond motifs is 3. The molecule has 358 valence electrons. The van der Waals surface area contributed by atoms with Crippen LogP contribution in [0.4, 0.5) is 16.6 Å². The molecule has 0 radical (unpaired) electrons. The number of thiazole rings is 1. The van der Waals surface area contributed by atoms with Gasteiger partial charge in [0, 0.05) is 68.4 Å². The number of likely N-dealkylation sites (tertiary alicyclic amines) is 1. The van der Waals surface area contributed by atoms with Gasteiger partial charge in [0.15, 0.2) is 10.8 Å². The summed E-state index contributed by atoms with van der Waals surface area (Å²) in [5.74, 6) is 0.0602. The molecule has 7 heterocycles. The number of aromatic carboxylic acids is 1. The monoisotopic (exact) mass is 957 g/mol. The molecular formula is C54H55N9O6S. The number of hydrogen-bond acceptors (Lipinski definition) is 12. The number of aromatic nitrogens is 4. The van der Waals surface area contributed by atoms with Crippen LogP contribution in [0.3, 0.4) is 0 Å². The van der Waals surface area contributed by atoms with Crippen LogP contribution in [0.15, 0.2) is 97.1 Å². The molecule has 0 saturated carbocycles. The molecule has 0 aliphatic carbocycles.